The standard InChI is InChI=1S/C18H12BrN3O2/c1-10(23)11-2-5-13(6-3-11)22-18-17-16(20-9-21-18)14-8-12(19)4-7-15(14)24-17/h2-9H,1H3,(H,20,21,22). The number of rotatable bonds is 3. The molecule has 2 aromatic heterocycles. The molecule has 4 aromatic rings. The summed E-state index contributed by atoms with van der Waals surface area (Å²) in [4.78, 5) is 20.0. The maximum absolute atomic E-state index is 11.4. The first-order chi connectivity index (χ1) is 11.6. The number of fused-ring (bicyclic) bond motifs is 3. The molecular weight excluding hydrogens is 370 g/mol. The van der Waals surface area contributed by atoms with E-state index in [0.29, 0.717) is 17.0 Å². The average Bonchev–Trinajstić information content (AvgIpc) is 2.94. The van der Waals surface area contributed by atoms with Crippen LogP contribution in [0.25, 0.3) is 22.1 Å². The molecule has 0 unspecified atom stereocenters. The van der Waals surface area contributed by atoms with Gasteiger partial charge in [-0.3, -0.25) is 4.79 Å². The Labute approximate surface area is 145 Å². The number of nitrogens with one attached hydrogen (secondary N) is 1. The predicted molar refractivity (Wildman–Crippen MR) is 96.7 cm³/mol. The highest BCUT2D eigenvalue weighted by Crippen LogP contribution is 2.33. The van der Waals surface area contributed by atoms with Gasteiger partial charge in [0.2, 0.25) is 0 Å². The van der Waals surface area contributed by atoms with Gasteiger partial charge >= 0.3 is 0 Å². The Kier molecular flexibility index (Phi) is 3.54. The number of carbonyl (C=O) groups is 1. The Morgan fingerprint density at radius 2 is 1.92 bits per heavy atom. The van der Waals surface area contributed by atoms with Crippen LogP contribution >= 0.6 is 15.9 Å². The summed E-state index contributed by atoms with van der Waals surface area (Å²) in [6.07, 6.45) is 1.50. The number of benzene rings is 2. The number of Topliss-reactive ketones (excluding diaryl/α,β-unsaturated/α-hetero) is 1. The van der Waals surface area contributed by atoms with Crippen LogP contribution in [0.1, 0.15) is 17.3 Å². The maximum Gasteiger partial charge on any atom is 0.196 e. The second-order valence-electron chi connectivity index (χ2n) is 5.40. The van der Waals surface area contributed by atoms with E-state index < -0.39 is 0 Å². The van der Waals surface area contributed by atoms with E-state index in [9.17, 15) is 4.79 Å². The fourth-order valence-corrected chi connectivity index (χ4v) is 2.92. The van der Waals surface area contributed by atoms with Crippen molar-refractivity contribution in [3.8, 4) is 0 Å². The molecule has 0 atom stereocenters. The van der Waals surface area contributed by atoms with E-state index in [1.165, 1.54) is 6.33 Å². The average molecular weight is 382 g/mol. The number of aromatic nitrogens is 2. The molecule has 1 N–H and O–H groups in total. The first-order valence-corrected chi connectivity index (χ1v) is 8.12. The van der Waals surface area contributed by atoms with Crippen LogP contribution in [-0.4, -0.2) is 15.8 Å². The molecule has 0 fully saturated rings. The van der Waals surface area contributed by atoms with Crippen LogP contribution < -0.4 is 5.32 Å². The van der Waals surface area contributed by atoms with E-state index in [4.69, 9.17) is 4.42 Å². The summed E-state index contributed by atoms with van der Waals surface area (Å²) in [5.41, 5.74) is 3.60. The molecule has 0 spiro atoms. The molecule has 0 radical (unpaired) electrons. The van der Waals surface area contributed by atoms with E-state index in [2.05, 4.69) is 31.2 Å². The quantitative estimate of drug-likeness (QED) is 0.500. The minimum atomic E-state index is 0.0360. The van der Waals surface area contributed by atoms with Crippen molar-refractivity contribution in [1.82, 2.24) is 9.97 Å². The van der Waals surface area contributed by atoms with Crippen molar-refractivity contribution in [3.05, 3.63) is 58.8 Å². The predicted octanol–water partition coefficient (Wildman–Crippen LogP) is 5.08. The Balaban J connectivity index is 1.79. The number of hydrogen-bond donors (Lipinski definition) is 1. The monoisotopic (exact) mass is 381 g/mol. The van der Waals surface area contributed by atoms with Crippen molar-refractivity contribution >= 4 is 55.3 Å². The Bertz CT molecular complexity index is 1070. The van der Waals surface area contributed by atoms with E-state index in [0.717, 1.165) is 26.6 Å². The van der Waals surface area contributed by atoms with Crippen LogP contribution in [0.4, 0.5) is 11.5 Å². The van der Waals surface area contributed by atoms with Crippen molar-refractivity contribution in [2.45, 2.75) is 6.92 Å². The van der Waals surface area contributed by atoms with Crippen LogP contribution in [0.5, 0.6) is 0 Å². The van der Waals surface area contributed by atoms with Crippen molar-refractivity contribution < 1.29 is 9.21 Å². The smallest absolute Gasteiger partial charge is 0.196 e. The molecule has 0 saturated carbocycles. The Hall–Kier alpha value is -2.73. The number of nitrogens with zero attached hydrogens (tertiary/aromatic N) is 2. The molecule has 0 aliphatic carbocycles. The number of furan rings is 1. The lowest BCUT2D eigenvalue weighted by molar-refractivity contribution is 0.101. The van der Waals surface area contributed by atoms with E-state index >= 15 is 0 Å². The third kappa shape index (κ3) is 2.55. The van der Waals surface area contributed by atoms with Gasteiger partial charge in [0.1, 0.15) is 17.4 Å². The second-order valence-corrected chi connectivity index (χ2v) is 6.32. The number of carbonyl (C=O) groups excluding carboxylic acids is 1. The lowest BCUT2D eigenvalue weighted by Crippen LogP contribution is -1.96. The number of ketones is 1. The van der Waals surface area contributed by atoms with Gasteiger partial charge in [0.25, 0.3) is 0 Å². The highest BCUT2D eigenvalue weighted by molar-refractivity contribution is 9.10. The first kappa shape index (κ1) is 14.8. The van der Waals surface area contributed by atoms with Crippen molar-refractivity contribution in [1.29, 1.82) is 0 Å². The summed E-state index contributed by atoms with van der Waals surface area (Å²) >= 11 is 3.47. The third-order valence-electron chi connectivity index (χ3n) is 3.77. The summed E-state index contributed by atoms with van der Waals surface area (Å²) in [5.74, 6) is 0.622. The fraction of sp³-hybridized carbons (Fsp3) is 0.0556. The van der Waals surface area contributed by atoms with Gasteiger partial charge in [-0.15, -0.1) is 0 Å². The van der Waals surface area contributed by atoms with Crippen molar-refractivity contribution in [3.63, 3.8) is 0 Å². The zero-order chi connectivity index (χ0) is 16.7. The molecule has 6 heteroatoms. The van der Waals surface area contributed by atoms with Crippen LogP contribution in [0.15, 0.2) is 57.7 Å². The normalized spacial score (nSPS) is 11.1. The zero-order valence-electron chi connectivity index (χ0n) is 12.7. The summed E-state index contributed by atoms with van der Waals surface area (Å²) in [6.45, 7) is 1.54. The highest BCUT2D eigenvalue weighted by atomic mass is 79.9. The van der Waals surface area contributed by atoms with Crippen LogP contribution in [0.3, 0.4) is 0 Å². The van der Waals surface area contributed by atoms with E-state index in [1.54, 1.807) is 19.1 Å². The highest BCUT2D eigenvalue weighted by Gasteiger charge is 2.13. The van der Waals surface area contributed by atoms with Gasteiger partial charge in [0.05, 0.1) is 0 Å². The van der Waals surface area contributed by atoms with Gasteiger partial charge in [0.15, 0.2) is 17.2 Å². The number of halogens is 1. The van der Waals surface area contributed by atoms with Crippen molar-refractivity contribution in [2.75, 3.05) is 5.32 Å². The molecule has 0 bridgehead atoms. The minimum Gasteiger partial charge on any atom is -0.450 e. The minimum absolute atomic E-state index is 0.0360. The molecule has 2 aromatic carbocycles. The Morgan fingerprint density at radius 1 is 1.12 bits per heavy atom. The topological polar surface area (TPSA) is 68.0 Å². The molecule has 0 aliphatic rings. The lowest BCUT2D eigenvalue weighted by atomic mass is 10.1. The third-order valence-corrected chi connectivity index (χ3v) is 4.26. The van der Waals surface area contributed by atoms with Gasteiger partial charge in [0, 0.05) is 21.1 Å². The van der Waals surface area contributed by atoms with Crippen LogP contribution in [0.2, 0.25) is 0 Å². The first-order valence-electron chi connectivity index (χ1n) is 7.32. The summed E-state index contributed by atoms with van der Waals surface area (Å²) in [5, 5.41) is 4.15. The van der Waals surface area contributed by atoms with E-state index in [1.807, 2.05) is 30.3 Å². The van der Waals surface area contributed by atoms with Gasteiger partial charge < -0.3 is 9.73 Å². The van der Waals surface area contributed by atoms with Gasteiger partial charge in [-0.2, -0.15) is 0 Å². The molecule has 0 amide bonds. The molecule has 0 saturated heterocycles. The molecule has 2 heterocycles. The largest absolute Gasteiger partial charge is 0.450 e. The van der Waals surface area contributed by atoms with Crippen LogP contribution in [0, 0.1) is 0 Å². The number of anilines is 2. The number of hydrogen-bond acceptors (Lipinski definition) is 5. The molecule has 5 nitrogen and oxygen atoms in total. The van der Waals surface area contributed by atoms with E-state index in [-0.39, 0.29) is 5.78 Å². The van der Waals surface area contributed by atoms with Gasteiger partial charge in [-0.05, 0) is 49.4 Å². The molecule has 0 aliphatic heterocycles. The SMILES string of the molecule is CC(=O)c1ccc(Nc2ncnc3c2oc2ccc(Br)cc23)cc1. The molecule has 118 valence electrons. The second kappa shape index (κ2) is 5.72. The Morgan fingerprint density at radius 3 is 2.67 bits per heavy atom. The van der Waals surface area contributed by atoms with Crippen molar-refractivity contribution in [2.24, 2.45) is 0 Å². The zero-order valence-corrected chi connectivity index (χ0v) is 14.3. The molecule has 24 heavy (non-hydrogen) atoms. The summed E-state index contributed by atoms with van der Waals surface area (Å²) < 4.78 is 6.87. The van der Waals surface area contributed by atoms with Gasteiger partial charge in [-0.1, -0.05) is 15.9 Å². The maximum atomic E-state index is 11.4. The van der Waals surface area contributed by atoms with Crippen LogP contribution in [-0.2, 0) is 0 Å². The molecular formula is C18H12BrN3O2. The molecule has 4 rings (SSSR count). The fourth-order valence-electron chi connectivity index (χ4n) is 2.56. The summed E-state index contributed by atoms with van der Waals surface area (Å²) in [7, 11) is 0. The summed E-state index contributed by atoms with van der Waals surface area (Å²) in [6, 6.07) is 13.0. The lowest BCUT2D eigenvalue weighted by Gasteiger charge is -2.06. The van der Waals surface area contributed by atoms with Gasteiger partial charge in [-0.25, -0.2) is 9.97 Å².